The molecular formula is C24H31ClN2O5S. The van der Waals surface area contributed by atoms with Crippen LogP contribution >= 0.6 is 11.6 Å². The quantitative estimate of drug-likeness (QED) is 0.574. The second-order valence-electron chi connectivity index (χ2n) is 8.35. The average Bonchev–Trinajstić information content (AvgIpc) is 2.78. The van der Waals surface area contributed by atoms with E-state index in [4.69, 9.17) is 21.1 Å². The first-order chi connectivity index (χ1) is 15.5. The van der Waals surface area contributed by atoms with E-state index in [0.717, 1.165) is 34.7 Å². The van der Waals surface area contributed by atoms with Gasteiger partial charge in [0.25, 0.3) is 0 Å². The third kappa shape index (κ3) is 5.22. The third-order valence-corrected chi connectivity index (χ3v) is 7.82. The highest BCUT2D eigenvalue weighted by molar-refractivity contribution is 7.92. The van der Waals surface area contributed by atoms with Crippen molar-refractivity contribution in [2.24, 2.45) is 0 Å². The fraction of sp³-hybridized carbons (Fsp3) is 0.458. The Labute approximate surface area is 201 Å². The first-order valence-electron chi connectivity index (χ1n) is 11.0. The number of carbonyl (C=O) groups excluding carboxylic acids is 1. The number of para-hydroxylation sites is 1. The molecular weight excluding hydrogens is 464 g/mol. The van der Waals surface area contributed by atoms with Crippen LogP contribution < -0.4 is 19.1 Å². The molecule has 0 radical (unpaired) electrons. The van der Waals surface area contributed by atoms with Gasteiger partial charge in [0, 0.05) is 12.0 Å². The number of halogens is 1. The molecule has 1 amide bonds. The second-order valence-corrected chi connectivity index (χ2v) is 10.6. The summed E-state index contributed by atoms with van der Waals surface area (Å²) >= 11 is 6.22. The molecule has 0 saturated heterocycles. The smallest absolute Gasteiger partial charge is 0.244 e. The van der Waals surface area contributed by atoms with E-state index in [1.807, 2.05) is 24.3 Å². The van der Waals surface area contributed by atoms with E-state index in [0.29, 0.717) is 12.2 Å². The molecule has 7 nitrogen and oxygen atoms in total. The van der Waals surface area contributed by atoms with Crippen molar-refractivity contribution >= 4 is 33.2 Å². The highest BCUT2D eigenvalue weighted by Crippen LogP contribution is 2.42. The number of amides is 1. The van der Waals surface area contributed by atoms with Crippen LogP contribution in [0, 0.1) is 0 Å². The number of anilines is 1. The molecule has 1 aliphatic rings. The number of benzene rings is 2. The van der Waals surface area contributed by atoms with Crippen LogP contribution in [0.15, 0.2) is 42.5 Å². The lowest BCUT2D eigenvalue weighted by Crippen LogP contribution is -2.51. The summed E-state index contributed by atoms with van der Waals surface area (Å²) in [6.07, 6.45) is 3.25. The molecule has 1 aliphatic heterocycles. The van der Waals surface area contributed by atoms with Crippen molar-refractivity contribution in [2.75, 3.05) is 17.7 Å². The van der Waals surface area contributed by atoms with Crippen LogP contribution in [0.5, 0.6) is 11.5 Å². The Morgan fingerprint density at radius 1 is 1.27 bits per heavy atom. The summed E-state index contributed by atoms with van der Waals surface area (Å²) in [4.78, 5) is 13.4. The van der Waals surface area contributed by atoms with E-state index in [1.54, 1.807) is 19.1 Å². The van der Waals surface area contributed by atoms with Crippen molar-refractivity contribution in [2.45, 2.75) is 57.7 Å². The number of hydrogen-bond acceptors (Lipinski definition) is 5. The van der Waals surface area contributed by atoms with Crippen molar-refractivity contribution in [3.05, 3.63) is 53.1 Å². The predicted molar refractivity (Wildman–Crippen MR) is 131 cm³/mol. The zero-order valence-electron chi connectivity index (χ0n) is 19.6. The first-order valence-corrected chi connectivity index (χ1v) is 13.2. The molecule has 0 saturated carbocycles. The van der Waals surface area contributed by atoms with Gasteiger partial charge in [0.2, 0.25) is 15.9 Å². The van der Waals surface area contributed by atoms with Gasteiger partial charge in [-0.15, -0.1) is 0 Å². The monoisotopic (exact) mass is 494 g/mol. The Hall–Kier alpha value is -2.45. The van der Waals surface area contributed by atoms with Crippen molar-refractivity contribution < 1.29 is 22.7 Å². The number of rotatable bonds is 8. The lowest BCUT2D eigenvalue weighted by atomic mass is 9.83. The van der Waals surface area contributed by atoms with Crippen LogP contribution in [0.3, 0.4) is 0 Å². The summed E-state index contributed by atoms with van der Waals surface area (Å²) in [6, 6.07) is 11.0. The number of ether oxygens (including phenoxy) is 2. The largest absolute Gasteiger partial charge is 0.495 e. The Bertz CT molecular complexity index is 1120. The lowest BCUT2D eigenvalue weighted by Gasteiger charge is -2.42. The number of nitrogens with one attached hydrogen (secondary N) is 1. The molecule has 3 rings (SSSR count). The van der Waals surface area contributed by atoms with E-state index < -0.39 is 27.6 Å². The van der Waals surface area contributed by atoms with Crippen molar-refractivity contribution in [3.8, 4) is 11.5 Å². The SMILES string of the molecule is CCC1(CC)C[C@H](NC(=O)[C@@H](C)N(c2ccc(OC)c(Cl)c2)S(C)(=O)=O)c2ccccc2O1. The summed E-state index contributed by atoms with van der Waals surface area (Å²) in [5, 5.41) is 3.33. The summed E-state index contributed by atoms with van der Waals surface area (Å²) in [6.45, 7) is 5.70. The minimum Gasteiger partial charge on any atom is -0.495 e. The zero-order chi connectivity index (χ0) is 24.4. The van der Waals surface area contributed by atoms with Gasteiger partial charge in [0.1, 0.15) is 23.1 Å². The molecule has 33 heavy (non-hydrogen) atoms. The number of nitrogens with zero attached hydrogens (tertiary/aromatic N) is 1. The minimum atomic E-state index is -3.78. The minimum absolute atomic E-state index is 0.255. The molecule has 0 fully saturated rings. The molecule has 2 aromatic carbocycles. The highest BCUT2D eigenvalue weighted by atomic mass is 35.5. The Morgan fingerprint density at radius 3 is 2.52 bits per heavy atom. The fourth-order valence-electron chi connectivity index (χ4n) is 4.32. The molecule has 180 valence electrons. The topological polar surface area (TPSA) is 84.9 Å². The number of methoxy groups -OCH3 is 1. The van der Waals surface area contributed by atoms with Gasteiger partial charge in [-0.1, -0.05) is 43.6 Å². The van der Waals surface area contributed by atoms with Crippen LogP contribution in [-0.4, -0.2) is 39.3 Å². The number of sulfonamides is 1. The van der Waals surface area contributed by atoms with Crippen LogP contribution in [0.2, 0.25) is 5.02 Å². The van der Waals surface area contributed by atoms with Crippen LogP contribution in [0.25, 0.3) is 0 Å². The van der Waals surface area contributed by atoms with E-state index in [-0.39, 0.29) is 16.8 Å². The zero-order valence-corrected chi connectivity index (χ0v) is 21.2. The molecule has 0 unspecified atom stereocenters. The molecule has 9 heteroatoms. The average molecular weight is 495 g/mol. The van der Waals surface area contributed by atoms with Gasteiger partial charge in [-0.05, 0) is 44.0 Å². The summed E-state index contributed by atoms with van der Waals surface area (Å²) in [7, 11) is -2.31. The van der Waals surface area contributed by atoms with Gasteiger partial charge in [-0.3, -0.25) is 9.10 Å². The highest BCUT2D eigenvalue weighted by Gasteiger charge is 2.40. The molecule has 0 aromatic heterocycles. The molecule has 2 atom stereocenters. The standard InChI is InChI=1S/C24H31ClN2O5S/c1-6-24(7-2)15-20(18-10-8-9-11-21(18)32-24)26-23(28)16(3)27(33(5,29)30)17-12-13-22(31-4)19(25)14-17/h8-14,16,20H,6-7,15H2,1-5H3,(H,26,28)/t16-,20+/m1/s1. The van der Waals surface area contributed by atoms with E-state index in [2.05, 4.69) is 19.2 Å². The van der Waals surface area contributed by atoms with Gasteiger partial charge in [-0.25, -0.2) is 8.42 Å². The maximum absolute atomic E-state index is 13.4. The van der Waals surface area contributed by atoms with Crippen LogP contribution in [-0.2, 0) is 14.8 Å². The predicted octanol–water partition coefficient (Wildman–Crippen LogP) is 4.70. The van der Waals surface area contributed by atoms with Gasteiger partial charge >= 0.3 is 0 Å². The van der Waals surface area contributed by atoms with Crippen molar-refractivity contribution in [1.82, 2.24) is 5.32 Å². The number of hydrogen-bond donors (Lipinski definition) is 1. The summed E-state index contributed by atoms with van der Waals surface area (Å²) < 4.78 is 37.9. The second kappa shape index (κ2) is 9.81. The maximum atomic E-state index is 13.4. The van der Waals surface area contributed by atoms with Crippen LogP contribution in [0.1, 0.15) is 51.6 Å². The molecule has 0 spiro atoms. The van der Waals surface area contributed by atoms with Gasteiger partial charge < -0.3 is 14.8 Å². The fourth-order valence-corrected chi connectivity index (χ4v) is 5.74. The third-order valence-electron chi connectivity index (χ3n) is 6.28. The molecule has 2 aromatic rings. The first kappa shape index (κ1) is 25.2. The maximum Gasteiger partial charge on any atom is 0.244 e. The number of fused-ring (bicyclic) bond motifs is 1. The Kier molecular flexibility index (Phi) is 7.49. The van der Waals surface area contributed by atoms with Crippen molar-refractivity contribution in [1.29, 1.82) is 0 Å². The van der Waals surface area contributed by atoms with E-state index in [9.17, 15) is 13.2 Å². The molecule has 0 aliphatic carbocycles. The Morgan fingerprint density at radius 2 is 1.94 bits per heavy atom. The van der Waals surface area contributed by atoms with Gasteiger partial charge in [0.05, 0.1) is 30.1 Å². The molecule has 1 heterocycles. The Balaban J connectivity index is 1.92. The lowest BCUT2D eigenvalue weighted by molar-refractivity contribution is -0.123. The van der Waals surface area contributed by atoms with E-state index in [1.165, 1.54) is 13.2 Å². The summed E-state index contributed by atoms with van der Waals surface area (Å²) in [5.41, 5.74) is 0.777. The normalized spacial score (nSPS) is 17.9. The number of carbonyl (C=O) groups is 1. The summed E-state index contributed by atoms with van der Waals surface area (Å²) in [5.74, 6) is 0.753. The van der Waals surface area contributed by atoms with E-state index >= 15 is 0 Å². The van der Waals surface area contributed by atoms with Crippen LogP contribution in [0.4, 0.5) is 5.69 Å². The van der Waals surface area contributed by atoms with Gasteiger partial charge in [0.15, 0.2) is 0 Å². The molecule has 0 bridgehead atoms. The molecule has 1 N–H and O–H groups in total. The van der Waals surface area contributed by atoms with Gasteiger partial charge in [-0.2, -0.15) is 0 Å². The van der Waals surface area contributed by atoms with Crippen molar-refractivity contribution in [3.63, 3.8) is 0 Å².